The van der Waals surface area contributed by atoms with Crippen molar-refractivity contribution in [2.75, 3.05) is 39.8 Å². The van der Waals surface area contributed by atoms with Gasteiger partial charge in [0.1, 0.15) is 0 Å². The van der Waals surface area contributed by atoms with Crippen LogP contribution in [0.1, 0.15) is 38.2 Å². The Morgan fingerprint density at radius 2 is 1.92 bits per heavy atom. The fourth-order valence-electron chi connectivity index (χ4n) is 4.20. The van der Waals surface area contributed by atoms with Crippen LogP contribution in [-0.2, 0) is 11.3 Å². The molecule has 1 amide bonds. The number of hydrogen-bond acceptors (Lipinski definition) is 4. The summed E-state index contributed by atoms with van der Waals surface area (Å²) in [7, 11) is 1.93. The van der Waals surface area contributed by atoms with Gasteiger partial charge in [0.2, 0.25) is 5.91 Å². The Labute approximate surface area is 152 Å². The van der Waals surface area contributed by atoms with Crippen molar-refractivity contribution < 1.29 is 4.79 Å². The van der Waals surface area contributed by atoms with Crippen molar-refractivity contribution >= 4 is 5.91 Å². The van der Waals surface area contributed by atoms with Gasteiger partial charge in [0.15, 0.2) is 0 Å². The van der Waals surface area contributed by atoms with Gasteiger partial charge in [-0.25, -0.2) is 0 Å². The Bertz CT molecular complexity index is 542. The highest BCUT2D eigenvalue weighted by atomic mass is 16.2. The van der Waals surface area contributed by atoms with E-state index in [-0.39, 0.29) is 5.92 Å². The Balaban J connectivity index is 1.48. The summed E-state index contributed by atoms with van der Waals surface area (Å²) >= 11 is 0. The highest BCUT2D eigenvalue weighted by Crippen LogP contribution is 2.25. The van der Waals surface area contributed by atoms with Crippen LogP contribution in [0, 0.1) is 5.92 Å². The van der Waals surface area contributed by atoms with Gasteiger partial charge in [0, 0.05) is 45.1 Å². The molecule has 0 spiro atoms. The molecule has 0 aromatic carbocycles. The highest BCUT2D eigenvalue weighted by molar-refractivity contribution is 5.78. The molecule has 2 aliphatic heterocycles. The summed E-state index contributed by atoms with van der Waals surface area (Å²) in [4.78, 5) is 23.6. The number of carbonyl (C=O) groups is 1. The topological polar surface area (TPSA) is 39.7 Å². The van der Waals surface area contributed by atoms with Crippen LogP contribution in [0.5, 0.6) is 0 Å². The van der Waals surface area contributed by atoms with Gasteiger partial charge in [-0.05, 0) is 69.9 Å². The quantitative estimate of drug-likeness (QED) is 0.821. The first-order chi connectivity index (χ1) is 12.2. The number of hydrogen-bond donors (Lipinski definition) is 0. The SMILES string of the molecule is CCN(C)C(=O)C1CCCN(C2CCN(Cc3ccncc3)CC2)C1. The lowest BCUT2D eigenvalue weighted by Gasteiger charge is -2.42. The van der Waals surface area contributed by atoms with E-state index >= 15 is 0 Å². The highest BCUT2D eigenvalue weighted by Gasteiger charge is 2.32. The monoisotopic (exact) mass is 344 g/mol. The molecule has 5 heteroatoms. The largest absolute Gasteiger partial charge is 0.346 e. The average Bonchev–Trinajstić information content (AvgIpc) is 2.68. The van der Waals surface area contributed by atoms with Crippen LogP contribution in [0.3, 0.4) is 0 Å². The molecule has 2 saturated heterocycles. The van der Waals surface area contributed by atoms with E-state index in [1.165, 1.54) is 18.4 Å². The number of rotatable bonds is 5. The van der Waals surface area contributed by atoms with Crippen molar-refractivity contribution in [3.63, 3.8) is 0 Å². The van der Waals surface area contributed by atoms with Crippen molar-refractivity contribution in [3.8, 4) is 0 Å². The normalized spacial score (nSPS) is 23.5. The molecule has 25 heavy (non-hydrogen) atoms. The Hall–Kier alpha value is -1.46. The molecule has 1 atom stereocenters. The predicted octanol–water partition coefficient (Wildman–Crippen LogP) is 2.24. The molecule has 0 aliphatic carbocycles. The van der Waals surface area contributed by atoms with Crippen LogP contribution in [0.25, 0.3) is 0 Å². The minimum absolute atomic E-state index is 0.202. The first kappa shape index (κ1) is 18.3. The van der Waals surface area contributed by atoms with Crippen LogP contribution in [0.15, 0.2) is 24.5 Å². The number of aromatic nitrogens is 1. The van der Waals surface area contributed by atoms with Crippen molar-refractivity contribution in [2.24, 2.45) is 5.92 Å². The van der Waals surface area contributed by atoms with Gasteiger partial charge in [-0.15, -0.1) is 0 Å². The van der Waals surface area contributed by atoms with Crippen LogP contribution in [0.4, 0.5) is 0 Å². The average molecular weight is 345 g/mol. The lowest BCUT2D eigenvalue weighted by molar-refractivity contribution is -0.136. The fraction of sp³-hybridized carbons (Fsp3) is 0.700. The molecule has 0 saturated carbocycles. The van der Waals surface area contributed by atoms with Gasteiger partial charge in [-0.3, -0.25) is 19.6 Å². The molecule has 3 rings (SSSR count). The van der Waals surface area contributed by atoms with Crippen molar-refractivity contribution in [1.29, 1.82) is 0 Å². The summed E-state index contributed by atoms with van der Waals surface area (Å²) in [6.45, 7) is 8.30. The first-order valence-corrected chi connectivity index (χ1v) is 9.77. The maximum Gasteiger partial charge on any atom is 0.226 e. The van der Waals surface area contributed by atoms with Crippen molar-refractivity contribution in [2.45, 2.75) is 45.2 Å². The molecule has 138 valence electrons. The predicted molar refractivity (Wildman–Crippen MR) is 100 cm³/mol. The summed E-state index contributed by atoms with van der Waals surface area (Å²) < 4.78 is 0. The number of nitrogens with zero attached hydrogens (tertiary/aromatic N) is 4. The van der Waals surface area contributed by atoms with Gasteiger partial charge >= 0.3 is 0 Å². The van der Waals surface area contributed by atoms with E-state index in [9.17, 15) is 4.79 Å². The number of amides is 1. The molecule has 5 nitrogen and oxygen atoms in total. The summed E-state index contributed by atoms with van der Waals surface area (Å²) in [6.07, 6.45) is 8.40. The van der Waals surface area contributed by atoms with Gasteiger partial charge in [0.05, 0.1) is 5.92 Å². The lowest BCUT2D eigenvalue weighted by Crippen LogP contribution is -2.50. The van der Waals surface area contributed by atoms with E-state index in [0.29, 0.717) is 11.9 Å². The molecular formula is C20H32N4O. The second-order valence-corrected chi connectivity index (χ2v) is 7.55. The van der Waals surface area contributed by atoms with Gasteiger partial charge in [-0.1, -0.05) is 0 Å². The number of pyridine rings is 1. The molecule has 1 aromatic heterocycles. The van der Waals surface area contributed by atoms with Crippen molar-refractivity contribution in [3.05, 3.63) is 30.1 Å². The molecule has 0 radical (unpaired) electrons. The molecule has 2 fully saturated rings. The zero-order valence-electron chi connectivity index (χ0n) is 15.7. The molecule has 1 aromatic rings. The summed E-state index contributed by atoms with van der Waals surface area (Å²) in [5.41, 5.74) is 1.35. The maximum atomic E-state index is 12.5. The van der Waals surface area contributed by atoms with E-state index in [1.54, 1.807) is 0 Å². The van der Waals surface area contributed by atoms with Crippen LogP contribution in [-0.4, -0.2) is 71.4 Å². The summed E-state index contributed by atoms with van der Waals surface area (Å²) in [5, 5.41) is 0. The summed E-state index contributed by atoms with van der Waals surface area (Å²) in [5.74, 6) is 0.538. The zero-order valence-corrected chi connectivity index (χ0v) is 15.7. The Kier molecular flexibility index (Phi) is 6.43. The third kappa shape index (κ3) is 4.79. The van der Waals surface area contributed by atoms with Gasteiger partial charge < -0.3 is 4.90 Å². The minimum atomic E-state index is 0.202. The Morgan fingerprint density at radius 1 is 1.20 bits per heavy atom. The number of likely N-dealkylation sites (tertiary alicyclic amines) is 2. The third-order valence-corrected chi connectivity index (χ3v) is 5.88. The van der Waals surface area contributed by atoms with E-state index in [2.05, 4.69) is 33.8 Å². The van der Waals surface area contributed by atoms with Crippen LogP contribution >= 0.6 is 0 Å². The van der Waals surface area contributed by atoms with E-state index < -0.39 is 0 Å². The third-order valence-electron chi connectivity index (χ3n) is 5.88. The van der Waals surface area contributed by atoms with Crippen molar-refractivity contribution in [1.82, 2.24) is 19.7 Å². The maximum absolute atomic E-state index is 12.5. The molecule has 2 aliphatic rings. The second kappa shape index (κ2) is 8.77. The molecule has 0 N–H and O–H groups in total. The minimum Gasteiger partial charge on any atom is -0.346 e. The molecular weight excluding hydrogens is 312 g/mol. The van der Waals surface area contributed by atoms with Gasteiger partial charge in [-0.2, -0.15) is 0 Å². The molecule has 0 bridgehead atoms. The van der Waals surface area contributed by atoms with E-state index in [4.69, 9.17) is 0 Å². The smallest absolute Gasteiger partial charge is 0.226 e. The van der Waals surface area contributed by atoms with E-state index in [1.807, 2.05) is 24.3 Å². The summed E-state index contributed by atoms with van der Waals surface area (Å²) in [6, 6.07) is 4.87. The first-order valence-electron chi connectivity index (χ1n) is 9.77. The standard InChI is InChI=1S/C20H32N4O/c1-3-22(2)20(25)18-5-4-12-24(16-18)19-8-13-23(14-9-19)15-17-6-10-21-11-7-17/h6-7,10-11,18-19H,3-5,8-9,12-16H2,1-2H3. The zero-order chi connectivity index (χ0) is 17.6. The van der Waals surface area contributed by atoms with Crippen LogP contribution < -0.4 is 0 Å². The van der Waals surface area contributed by atoms with Gasteiger partial charge in [0.25, 0.3) is 0 Å². The number of piperidine rings is 2. The molecule has 3 heterocycles. The lowest BCUT2D eigenvalue weighted by atomic mass is 9.93. The molecule has 1 unspecified atom stereocenters. The fourth-order valence-corrected chi connectivity index (χ4v) is 4.20. The van der Waals surface area contributed by atoms with E-state index in [0.717, 1.165) is 52.1 Å². The number of carbonyl (C=O) groups excluding carboxylic acids is 1. The van der Waals surface area contributed by atoms with Crippen LogP contribution in [0.2, 0.25) is 0 Å². The second-order valence-electron chi connectivity index (χ2n) is 7.55. The Morgan fingerprint density at radius 3 is 2.60 bits per heavy atom.